The quantitative estimate of drug-likeness (QED) is 0.450. The van der Waals surface area contributed by atoms with Gasteiger partial charge in [-0.1, -0.05) is 25.1 Å². The van der Waals surface area contributed by atoms with Gasteiger partial charge >= 0.3 is 11.5 Å². The number of imide groups is 1. The molecule has 1 aromatic heterocycles. The molecule has 2 atom stereocenters. The Kier molecular flexibility index (Phi) is 5.26. The predicted molar refractivity (Wildman–Crippen MR) is 113 cm³/mol. The summed E-state index contributed by atoms with van der Waals surface area (Å²) in [5, 5.41) is 3.50. The van der Waals surface area contributed by atoms with E-state index in [1.54, 1.807) is 13.0 Å². The molecule has 0 saturated carbocycles. The van der Waals surface area contributed by atoms with Crippen LogP contribution in [0, 0.1) is 0 Å². The summed E-state index contributed by atoms with van der Waals surface area (Å²) < 4.78 is 37.6. The molecule has 0 spiro atoms. The van der Waals surface area contributed by atoms with Crippen molar-refractivity contribution in [3.8, 4) is 0 Å². The number of hydrogen-bond donors (Lipinski definition) is 2. The molecule has 3 N–H and O–H groups in total. The highest BCUT2D eigenvalue weighted by Crippen LogP contribution is 2.38. The molecular formula is C21H17F3N4O2S. The van der Waals surface area contributed by atoms with Crippen molar-refractivity contribution in [1.82, 2.24) is 10.3 Å². The van der Waals surface area contributed by atoms with E-state index in [1.165, 1.54) is 24.3 Å². The number of hydrogen-bond acceptors (Lipinski definition) is 5. The molecule has 3 aromatic rings. The number of rotatable bonds is 4. The van der Waals surface area contributed by atoms with Crippen LogP contribution in [0.15, 0.2) is 59.5 Å². The molecule has 2 heterocycles. The number of nitrogens with zero attached hydrogens (tertiary/aromatic N) is 2. The van der Waals surface area contributed by atoms with Gasteiger partial charge in [-0.3, -0.25) is 4.79 Å². The van der Waals surface area contributed by atoms with E-state index in [1.807, 2.05) is 24.3 Å². The number of pyridine rings is 1. The zero-order chi connectivity index (χ0) is 22.3. The number of anilines is 2. The molecule has 1 fully saturated rings. The molecule has 0 radical (unpaired) electrons. The average Bonchev–Trinajstić information content (AvgIpc) is 3.00. The van der Waals surface area contributed by atoms with Crippen LogP contribution in [0.3, 0.4) is 0 Å². The van der Waals surface area contributed by atoms with Gasteiger partial charge in [0.2, 0.25) is 0 Å². The van der Waals surface area contributed by atoms with Crippen LogP contribution >= 0.6 is 11.8 Å². The lowest BCUT2D eigenvalue weighted by molar-refractivity contribution is -0.118. The first-order chi connectivity index (χ1) is 14.6. The molecule has 2 aromatic carbocycles. The minimum Gasteiger partial charge on any atom is -0.384 e. The molecule has 0 aliphatic carbocycles. The summed E-state index contributed by atoms with van der Waals surface area (Å²) in [6.45, 7) is 1.80. The summed E-state index contributed by atoms with van der Waals surface area (Å²) in [5.74, 6) is -0.614. The summed E-state index contributed by atoms with van der Waals surface area (Å²) in [6, 6.07) is 12.6. The number of thioether (sulfide) groups is 1. The fourth-order valence-electron chi connectivity index (χ4n) is 3.66. The molecule has 1 aliphatic rings. The maximum absolute atomic E-state index is 13.1. The van der Waals surface area contributed by atoms with Gasteiger partial charge in [0.15, 0.2) is 0 Å². The van der Waals surface area contributed by atoms with Crippen LogP contribution in [0.4, 0.5) is 29.5 Å². The summed E-state index contributed by atoms with van der Waals surface area (Å²) in [4.78, 5) is 30.8. The van der Waals surface area contributed by atoms with E-state index in [4.69, 9.17) is 5.73 Å². The number of benzene rings is 2. The van der Waals surface area contributed by atoms with Gasteiger partial charge in [0.25, 0.3) is 5.91 Å². The molecule has 2 unspecified atom stereocenters. The molecule has 10 heteroatoms. The highest BCUT2D eigenvalue weighted by Gasteiger charge is 2.42. The summed E-state index contributed by atoms with van der Waals surface area (Å²) >= 11 is -0.263. The first-order valence-corrected chi connectivity index (χ1v) is 10.1. The highest BCUT2D eigenvalue weighted by molar-refractivity contribution is 8.00. The Hall–Kier alpha value is -3.27. The molecule has 4 rings (SSSR count). The maximum Gasteiger partial charge on any atom is 0.446 e. The van der Waals surface area contributed by atoms with Crippen molar-refractivity contribution in [2.45, 2.75) is 29.3 Å². The van der Waals surface area contributed by atoms with Crippen molar-refractivity contribution in [1.29, 1.82) is 0 Å². The number of carbonyl (C=O) groups excluding carboxylic acids is 2. The van der Waals surface area contributed by atoms with Gasteiger partial charge in [-0.15, -0.1) is 0 Å². The Balaban J connectivity index is 1.62. The Morgan fingerprint density at radius 2 is 1.81 bits per heavy atom. The van der Waals surface area contributed by atoms with E-state index in [9.17, 15) is 22.8 Å². The third-order valence-electron chi connectivity index (χ3n) is 5.06. The fourth-order valence-corrected chi connectivity index (χ4v) is 4.20. The average molecular weight is 446 g/mol. The minimum atomic E-state index is -4.42. The molecule has 160 valence electrons. The first-order valence-electron chi connectivity index (χ1n) is 9.29. The van der Waals surface area contributed by atoms with Crippen LogP contribution in [0.1, 0.15) is 18.4 Å². The number of urea groups is 1. The lowest BCUT2D eigenvalue weighted by Crippen LogP contribution is -2.35. The van der Waals surface area contributed by atoms with Crippen LogP contribution in [-0.4, -0.2) is 28.5 Å². The minimum absolute atomic E-state index is 0.0352. The SMILES string of the molecule is CC(c1cc(N)nc2ccccc12)C1NC(=O)N(c2ccc(SC(F)(F)F)cc2)C1=O. The van der Waals surface area contributed by atoms with Crippen LogP contribution in [0.5, 0.6) is 0 Å². The monoisotopic (exact) mass is 446 g/mol. The zero-order valence-electron chi connectivity index (χ0n) is 16.2. The summed E-state index contributed by atoms with van der Waals surface area (Å²) in [6.07, 6.45) is 0. The molecule has 1 saturated heterocycles. The van der Waals surface area contributed by atoms with Crippen LogP contribution in [-0.2, 0) is 4.79 Å². The van der Waals surface area contributed by atoms with Gasteiger partial charge in [-0.2, -0.15) is 13.2 Å². The fraction of sp³-hybridized carbons (Fsp3) is 0.190. The standard InChI is InChI=1S/C21H17F3N4O2S/c1-11(15-10-17(25)26-16-5-3-2-4-14(15)16)18-19(29)28(20(30)27-18)12-6-8-13(9-7-12)31-21(22,23)24/h2-11,18H,1H3,(H2,25,26)(H,27,30). The number of alkyl halides is 3. The number of fused-ring (bicyclic) bond motifs is 1. The third-order valence-corrected chi connectivity index (χ3v) is 5.79. The van der Waals surface area contributed by atoms with E-state index in [-0.39, 0.29) is 22.3 Å². The lowest BCUT2D eigenvalue weighted by atomic mass is 9.90. The summed E-state index contributed by atoms with van der Waals surface area (Å²) in [7, 11) is 0. The number of aromatic nitrogens is 1. The Morgan fingerprint density at radius 3 is 2.48 bits per heavy atom. The predicted octanol–water partition coefficient (Wildman–Crippen LogP) is 4.66. The third kappa shape index (κ3) is 4.15. The smallest absolute Gasteiger partial charge is 0.384 e. The van der Waals surface area contributed by atoms with Crippen molar-refractivity contribution < 1.29 is 22.8 Å². The Labute approximate surface area is 179 Å². The van der Waals surface area contributed by atoms with Gasteiger partial charge in [-0.05, 0) is 53.7 Å². The number of amides is 3. The van der Waals surface area contributed by atoms with E-state index in [2.05, 4.69) is 10.3 Å². The van der Waals surface area contributed by atoms with Crippen molar-refractivity contribution in [2.24, 2.45) is 0 Å². The van der Waals surface area contributed by atoms with E-state index >= 15 is 0 Å². The topological polar surface area (TPSA) is 88.3 Å². The second-order valence-corrected chi connectivity index (χ2v) is 8.22. The van der Waals surface area contributed by atoms with Gasteiger partial charge in [0.05, 0.1) is 11.2 Å². The summed E-state index contributed by atoms with van der Waals surface area (Å²) in [5.41, 5.74) is 3.14. The van der Waals surface area contributed by atoms with Crippen molar-refractivity contribution in [3.05, 3.63) is 60.2 Å². The number of carbonyl (C=O) groups is 2. The van der Waals surface area contributed by atoms with Crippen molar-refractivity contribution in [2.75, 3.05) is 10.6 Å². The van der Waals surface area contributed by atoms with E-state index in [0.717, 1.165) is 15.8 Å². The highest BCUT2D eigenvalue weighted by atomic mass is 32.2. The van der Waals surface area contributed by atoms with E-state index in [0.29, 0.717) is 11.3 Å². The maximum atomic E-state index is 13.1. The van der Waals surface area contributed by atoms with Crippen LogP contribution in [0.2, 0.25) is 0 Å². The number of halogens is 3. The second kappa shape index (κ2) is 7.77. The second-order valence-electron chi connectivity index (χ2n) is 7.08. The van der Waals surface area contributed by atoms with Crippen LogP contribution in [0.25, 0.3) is 10.9 Å². The largest absolute Gasteiger partial charge is 0.446 e. The van der Waals surface area contributed by atoms with Gasteiger partial charge in [0, 0.05) is 16.2 Å². The number of nitrogens with two attached hydrogens (primary N) is 1. The first kappa shape index (κ1) is 21.0. The van der Waals surface area contributed by atoms with Crippen molar-refractivity contribution >= 4 is 46.1 Å². The molecular weight excluding hydrogens is 429 g/mol. The molecule has 1 aliphatic heterocycles. The normalized spacial score (nSPS) is 17.8. The van der Waals surface area contributed by atoms with Gasteiger partial charge in [-0.25, -0.2) is 14.7 Å². The molecule has 3 amide bonds. The zero-order valence-corrected chi connectivity index (χ0v) is 17.0. The number of nitrogens with one attached hydrogen (secondary N) is 1. The Morgan fingerprint density at radius 1 is 1.13 bits per heavy atom. The lowest BCUT2D eigenvalue weighted by Gasteiger charge is -2.20. The van der Waals surface area contributed by atoms with E-state index < -0.39 is 29.4 Å². The van der Waals surface area contributed by atoms with Gasteiger partial charge < -0.3 is 11.1 Å². The number of nitrogen functional groups attached to an aromatic ring is 1. The van der Waals surface area contributed by atoms with Crippen LogP contribution < -0.4 is 16.0 Å². The Bertz CT molecular complexity index is 1170. The molecule has 0 bridgehead atoms. The van der Waals surface area contributed by atoms with Crippen molar-refractivity contribution in [3.63, 3.8) is 0 Å². The van der Waals surface area contributed by atoms with Gasteiger partial charge in [0.1, 0.15) is 11.9 Å². The number of para-hydroxylation sites is 1. The molecule has 31 heavy (non-hydrogen) atoms. The molecule has 6 nitrogen and oxygen atoms in total.